The van der Waals surface area contributed by atoms with E-state index in [-0.39, 0.29) is 17.1 Å². The molecule has 0 saturated heterocycles. The first-order chi connectivity index (χ1) is 7.18. The third-order valence-corrected chi connectivity index (χ3v) is 1.72. The van der Waals surface area contributed by atoms with Gasteiger partial charge in [-0.1, -0.05) is 0 Å². The summed E-state index contributed by atoms with van der Waals surface area (Å²) in [6.07, 6.45) is 0. The lowest BCUT2D eigenvalue weighted by atomic mass is 10.2. The Morgan fingerprint density at radius 3 is 2.87 bits per heavy atom. The van der Waals surface area contributed by atoms with Gasteiger partial charge in [0.25, 0.3) is 5.69 Å². The molecule has 0 N–H and O–H groups in total. The van der Waals surface area contributed by atoms with E-state index < -0.39 is 10.7 Å². The van der Waals surface area contributed by atoms with Gasteiger partial charge in [-0.2, -0.15) is 5.21 Å². The van der Waals surface area contributed by atoms with E-state index in [0.717, 1.165) is 18.2 Å². The summed E-state index contributed by atoms with van der Waals surface area (Å²) in [5.41, 5.74) is -0.328. The quantitative estimate of drug-likeness (QED) is 0.528. The van der Waals surface area contributed by atoms with Crippen molar-refractivity contribution in [1.29, 1.82) is 0 Å². The second kappa shape index (κ2) is 3.40. The van der Waals surface area contributed by atoms with Gasteiger partial charge >= 0.3 is 0 Å². The SMILES string of the molecule is O=[N+]([O-])c1ccc(F)c(-c2nnn[n-]2)c1. The zero-order valence-electron chi connectivity index (χ0n) is 7.16. The molecule has 0 spiro atoms. The topological polar surface area (TPSA) is 95.9 Å². The molecule has 8 heteroatoms. The molecule has 1 aromatic heterocycles. The molecule has 0 saturated carbocycles. The highest BCUT2D eigenvalue weighted by atomic mass is 19.1. The molecule has 0 amide bonds. The Morgan fingerprint density at radius 1 is 1.47 bits per heavy atom. The van der Waals surface area contributed by atoms with Gasteiger partial charge in [-0.3, -0.25) is 20.4 Å². The molecular formula is C7H3FN5O2-. The van der Waals surface area contributed by atoms with E-state index in [2.05, 4.69) is 20.6 Å². The van der Waals surface area contributed by atoms with Crippen LogP contribution in [0.15, 0.2) is 18.2 Å². The fourth-order valence-electron chi connectivity index (χ4n) is 1.05. The molecule has 0 radical (unpaired) electrons. The van der Waals surface area contributed by atoms with Crippen LogP contribution in [0.1, 0.15) is 0 Å². The van der Waals surface area contributed by atoms with Gasteiger partial charge in [0.05, 0.1) is 4.92 Å². The summed E-state index contributed by atoms with van der Waals surface area (Å²) in [7, 11) is 0. The number of nitrogens with zero attached hydrogens (tertiary/aromatic N) is 5. The van der Waals surface area contributed by atoms with Crippen molar-refractivity contribution < 1.29 is 9.31 Å². The van der Waals surface area contributed by atoms with E-state index in [1.54, 1.807) is 0 Å². The lowest BCUT2D eigenvalue weighted by Gasteiger charge is -2.01. The first-order valence-corrected chi connectivity index (χ1v) is 3.81. The number of halogens is 1. The lowest BCUT2D eigenvalue weighted by molar-refractivity contribution is -0.384. The van der Waals surface area contributed by atoms with Gasteiger partial charge in [0.1, 0.15) is 5.82 Å². The van der Waals surface area contributed by atoms with Crippen LogP contribution in [0.4, 0.5) is 10.1 Å². The number of hydrogen-bond acceptors (Lipinski definition) is 5. The van der Waals surface area contributed by atoms with Crippen molar-refractivity contribution >= 4 is 5.69 Å². The van der Waals surface area contributed by atoms with Crippen molar-refractivity contribution in [3.63, 3.8) is 0 Å². The molecule has 0 unspecified atom stereocenters. The number of non-ortho nitro benzene ring substituents is 1. The average molecular weight is 208 g/mol. The maximum Gasteiger partial charge on any atom is 0.270 e. The number of nitro benzene ring substituents is 1. The fraction of sp³-hybridized carbons (Fsp3) is 0. The van der Waals surface area contributed by atoms with Gasteiger partial charge in [-0.05, 0) is 6.07 Å². The second-order valence-corrected chi connectivity index (χ2v) is 2.62. The Balaban J connectivity index is 2.55. The van der Waals surface area contributed by atoms with Crippen LogP contribution in [-0.4, -0.2) is 20.4 Å². The first-order valence-electron chi connectivity index (χ1n) is 3.81. The van der Waals surface area contributed by atoms with Gasteiger partial charge < -0.3 is 5.10 Å². The number of rotatable bonds is 2. The fourth-order valence-corrected chi connectivity index (χ4v) is 1.05. The van der Waals surface area contributed by atoms with Crippen LogP contribution in [0.2, 0.25) is 0 Å². The number of nitro groups is 1. The third kappa shape index (κ3) is 1.64. The summed E-state index contributed by atoms with van der Waals surface area (Å²) in [6.45, 7) is 0. The number of benzene rings is 1. The summed E-state index contributed by atoms with van der Waals surface area (Å²) in [4.78, 5) is 9.81. The van der Waals surface area contributed by atoms with Crippen LogP contribution in [0.3, 0.4) is 0 Å². The molecular weight excluding hydrogens is 205 g/mol. The van der Waals surface area contributed by atoms with E-state index in [1.807, 2.05) is 0 Å². The molecule has 0 fully saturated rings. The maximum absolute atomic E-state index is 13.2. The summed E-state index contributed by atoms with van der Waals surface area (Å²) in [6, 6.07) is 3.07. The zero-order valence-corrected chi connectivity index (χ0v) is 7.16. The normalized spacial score (nSPS) is 10.2. The van der Waals surface area contributed by atoms with Gasteiger partial charge in [-0.15, -0.1) is 0 Å². The molecule has 0 aliphatic rings. The predicted molar refractivity (Wildman–Crippen MR) is 45.2 cm³/mol. The Hall–Kier alpha value is -2.38. The molecule has 0 aliphatic heterocycles. The Labute approximate surface area is 82.1 Å². The van der Waals surface area contributed by atoms with Crippen molar-refractivity contribution in [1.82, 2.24) is 20.6 Å². The van der Waals surface area contributed by atoms with Crippen molar-refractivity contribution in [3.8, 4) is 11.4 Å². The van der Waals surface area contributed by atoms with Crippen molar-refractivity contribution in [2.45, 2.75) is 0 Å². The molecule has 15 heavy (non-hydrogen) atoms. The molecule has 1 aromatic carbocycles. The minimum absolute atomic E-state index is 0.0730. The van der Waals surface area contributed by atoms with Crippen LogP contribution >= 0.6 is 0 Å². The van der Waals surface area contributed by atoms with Gasteiger partial charge in [-0.25, -0.2) is 4.39 Å². The van der Waals surface area contributed by atoms with Gasteiger partial charge in [0.2, 0.25) is 0 Å². The molecule has 0 atom stereocenters. The summed E-state index contributed by atoms with van der Waals surface area (Å²) in [5, 5.41) is 23.6. The molecule has 0 aliphatic carbocycles. The number of aromatic nitrogens is 4. The first kappa shape index (κ1) is 9.19. The standard InChI is InChI=1S/C7H3FN5O2/c8-6-2-1-4(13(14)15)3-5(6)7-9-11-12-10-7/h1-3H/q-1. The second-order valence-electron chi connectivity index (χ2n) is 2.62. The highest BCUT2D eigenvalue weighted by Crippen LogP contribution is 2.23. The lowest BCUT2D eigenvalue weighted by Crippen LogP contribution is -1.93. The molecule has 2 rings (SSSR count). The minimum atomic E-state index is -0.657. The third-order valence-electron chi connectivity index (χ3n) is 1.72. The van der Waals surface area contributed by atoms with Gasteiger partial charge in [0.15, 0.2) is 0 Å². The zero-order chi connectivity index (χ0) is 10.8. The maximum atomic E-state index is 13.2. The highest BCUT2D eigenvalue weighted by molar-refractivity contribution is 5.59. The van der Waals surface area contributed by atoms with Crippen molar-refractivity contribution in [2.75, 3.05) is 0 Å². The minimum Gasteiger partial charge on any atom is -0.330 e. The number of tetrazole rings is 1. The molecule has 2 aromatic rings. The molecule has 1 heterocycles. The van der Waals surface area contributed by atoms with E-state index in [1.165, 1.54) is 0 Å². The Bertz CT molecular complexity index is 498. The highest BCUT2D eigenvalue weighted by Gasteiger charge is 2.11. The smallest absolute Gasteiger partial charge is 0.270 e. The van der Waals surface area contributed by atoms with Crippen molar-refractivity contribution in [3.05, 3.63) is 34.1 Å². The largest absolute Gasteiger partial charge is 0.330 e. The van der Waals surface area contributed by atoms with Gasteiger partial charge in [0, 0.05) is 23.5 Å². The van der Waals surface area contributed by atoms with E-state index in [9.17, 15) is 14.5 Å². The van der Waals surface area contributed by atoms with Crippen LogP contribution in [0.5, 0.6) is 0 Å². The van der Waals surface area contributed by atoms with E-state index in [4.69, 9.17) is 0 Å². The Kier molecular flexibility index (Phi) is 2.08. The predicted octanol–water partition coefficient (Wildman–Crippen LogP) is 0.543. The average Bonchev–Trinajstić information content (AvgIpc) is 2.71. The molecule has 0 bridgehead atoms. The van der Waals surface area contributed by atoms with Crippen molar-refractivity contribution in [2.24, 2.45) is 0 Å². The van der Waals surface area contributed by atoms with Crippen LogP contribution in [0, 0.1) is 15.9 Å². The van der Waals surface area contributed by atoms with Crippen LogP contribution < -0.4 is 5.10 Å². The monoisotopic (exact) mass is 208 g/mol. The van der Waals surface area contributed by atoms with E-state index >= 15 is 0 Å². The molecule has 7 nitrogen and oxygen atoms in total. The van der Waals surface area contributed by atoms with Crippen LogP contribution in [0.25, 0.3) is 11.4 Å². The summed E-state index contributed by atoms with van der Waals surface area (Å²) < 4.78 is 13.2. The number of hydrogen-bond donors (Lipinski definition) is 0. The molecule has 76 valence electrons. The summed E-state index contributed by atoms with van der Waals surface area (Å²) >= 11 is 0. The summed E-state index contributed by atoms with van der Waals surface area (Å²) in [5.74, 6) is -0.730. The Morgan fingerprint density at radius 2 is 2.27 bits per heavy atom. The van der Waals surface area contributed by atoms with Crippen LogP contribution in [-0.2, 0) is 0 Å². The van der Waals surface area contributed by atoms with E-state index in [0.29, 0.717) is 0 Å².